The zero-order chi connectivity index (χ0) is 13.0. The second-order valence-electron chi connectivity index (χ2n) is 3.32. The van der Waals surface area contributed by atoms with Gasteiger partial charge in [-0.15, -0.1) is 0 Å². The van der Waals surface area contributed by atoms with Crippen LogP contribution in [-0.2, 0) is 4.74 Å². The van der Waals surface area contributed by atoms with Crippen molar-refractivity contribution in [2.45, 2.75) is 0 Å². The standard InChI is InChI=1S/C12H9BrN2O3/c1-17-12(16)8-2-3-15-11(4-8)18-10-5-9(13)6-14-7-10/h2-7H,1H3. The molecule has 18 heavy (non-hydrogen) atoms. The zero-order valence-corrected chi connectivity index (χ0v) is 11.0. The van der Waals surface area contributed by atoms with Gasteiger partial charge in [-0.2, -0.15) is 0 Å². The number of aromatic nitrogens is 2. The van der Waals surface area contributed by atoms with E-state index in [4.69, 9.17) is 4.74 Å². The van der Waals surface area contributed by atoms with Gasteiger partial charge in [-0.05, 0) is 28.1 Å². The molecule has 0 radical (unpaired) electrons. The molecule has 0 N–H and O–H groups in total. The fourth-order valence-corrected chi connectivity index (χ4v) is 1.62. The Morgan fingerprint density at radius 1 is 1.33 bits per heavy atom. The molecule has 0 atom stereocenters. The van der Waals surface area contributed by atoms with E-state index in [9.17, 15) is 4.79 Å². The highest BCUT2D eigenvalue weighted by Crippen LogP contribution is 2.22. The largest absolute Gasteiger partial charge is 0.465 e. The fraction of sp³-hybridized carbons (Fsp3) is 0.0833. The van der Waals surface area contributed by atoms with Crippen molar-refractivity contribution in [1.82, 2.24) is 9.97 Å². The fourth-order valence-electron chi connectivity index (χ4n) is 1.28. The minimum atomic E-state index is -0.436. The van der Waals surface area contributed by atoms with Crippen LogP contribution in [0.1, 0.15) is 10.4 Å². The maximum Gasteiger partial charge on any atom is 0.338 e. The minimum Gasteiger partial charge on any atom is -0.465 e. The molecular weight excluding hydrogens is 300 g/mol. The predicted molar refractivity (Wildman–Crippen MR) is 67.6 cm³/mol. The Balaban J connectivity index is 2.22. The molecule has 0 aliphatic rings. The number of rotatable bonds is 3. The number of esters is 1. The van der Waals surface area contributed by atoms with Crippen LogP contribution in [0.3, 0.4) is 0 Å². The SMILES string of the molecule is COC(=O)c1ccnc(Oc2cncc(Br)c2)c1. The van der Waals surface area contributed by atoms with Gasteiger partial charge in [-0.1, -0.05) is 0 Å². The number of ether oxygens (including phenoxy) is 2. The van der Waals surface area contributed by atoms with Crippen LogP contribution in [-0.4, -0.2) is 23.0 Å². The first-order valence-electron chi connectivity index (χ1n) is 5.02. The van der Waals surface area contributed by atoms with E-state index in [2.05, 4.69) is 30.6 Å². The van der Waals surface area contributed by atoms with Gasteiger partial charge in [0.15, 0.2) is 0 Å². The number of pyridine rings is 2. The molecule has 0 spiro atoms. The monoisotopic (exact) mass is 308 g/mol. The first-order chi connectivity index (χ1) is 8.69. The molecule has 0 fully saturated rings. The van der Waals surface area contributed by atoms with Crippen molar-refractivity contribution in [2.75, 3.05) is 7.11 Å². The summed E-state index contributed by atoms with van der Waals surface area (Å²) in [5, 5.41) is 0. The minimum absolute atomic E-state index is 0.304. The summed E-state index contributed by atoms with van der Waals surface area (Å²) in [5.74, 6) is 0.395. The van der Waals surface area contributed by atoms with Crippen LogP contribution in [0.2, 0.25) is 0 Å². The van der Waals surface area contributed by atoms with Crippen molar-refractivity contribution < 1.29 is 14.3 Å². The molecule has 92 valence electrons. The van der Waals surface area contributed by atoms with Crippen LogP contribution in [0.4, 0.5) is 0 Å². The topological polar surface area (TPSA) is 61.3 Å². The van der Waals surface area contributed by atoms with Crippen LogP contribution in [0, 0.1) is 0 Å². The number of nitrogens with zero attached hydrogens (tertiary/aromatic N) is 2. The Hall–Kier alpha value is -1.95. The molecule has 0 bridgehead atoms. The predicted octanol–water partition coefficient (Wildman–Crippen LogP) is 2.82. The molecule has 0 aliphatic heterocycles. The van der Waals surface area contributed by atoms with Crippen LogP contribution >= 0.6 is 15.9 Å². The van der Waals surface area contributed by atoms with Crippen molar-refractivity contribution >= 4 is 21.9 Å². The van der Waals surface area contributed by atoms with E-state index in [1.165, 1.54) is 19.4 Å². The van der Waals surface area contributed by atoms with Gasteiger partial charge in [0.2, 0.25) is 5.88 Å². The van der Waals surface area contributed by atoms with Gasteiger partial charge >= 0.3 is 5.97 Å². The van der Waals surface area contributed by atoms with Gasteiger partial charge in [0.25, 0.3) is 0 Å². The summed E-state index contributed by atoms with van der Waals surface area (Å²) in [6.45, 7) is 0. The highest BCUT2D eigenvalue weighted by atomic mass is 79.9. The van der Waals surface area contributed by atoms with E-state index in [1.54, 1.807) is 24.5 Å². The first kappa shape index (κ1) is 12.5. The molecule has 2 rings (SSSR count). The smallest absolute Gasteiger partial charge is 0.338 e. The lowest BCUT2D eigenvalue weighted by Gasteiger charge is -2.05. The number of carbonyl (C=O) groups excluding carboxylic acids is 1. The quantitative estimate of drug-likeness (QED) is 0.816. The average molecular weight is 309 g/mol. The Kier molecular flexibility index (Phi) is 3.88. The van der Waals surface area contributed by atoms with E-state index in [0.717, 1.165) is 4.47 Å². The summed E-state index contributed by atoms with van der Waals surface area (Å²) in [6, 6.07) is 4.81. The molecule has 0 saturated heterocycles. The molecule has 0 amide bonds. The third kappa shape index (κ3) is 3.04. The Labute approximate surface area is 112 Å². The van der Waals surface area contributed by atoms with E-state index in [0.29, 0.717) is 17.2 Å². The molecule has 2 aromatic heterocycles. The maximum atomic E-state index is 11.3. The second-order valence-corrected chi connectivity index (χ2v) is 4.23. The number of hydrogen-bond acceptors (Lipinski definition) is 5. The van der Waals surface area contributed by atoms with Gasteiger partial charge in [-0.3, -0.25) is 4.98 Å². The summed E-state index contributed by atoms with van der Waals surface area (Å²) in [7, 11) is 1.32. The summed E-state index contributed by atoms with van der Waals surface area (Å²) in [5.41, 5.74) is 0.380. The van der Waals surface area contributed by atoms with Gasteiger partial charge in [0.05, 0.1) is 18.9 Å². The van der Waals surface area contributed by atoms with Crippen LogP contribution in [0.15, 0.2) is 41.3 Å². The van der Waals surface area contributed by atoms with E-state index >= 15 is 0 Å². The van der Waals surface area contributed by atoms with E-state index < -0.39 is 5.97 Å². The Bertz CT molecular complexity index is 575. The summed E-state index contributed by atoms with van der Waals surface area (Å²) in [4.78, 5) is 19.3. The second kappa shape index (κ2) is 5.59. The maximum absolute atomic E-state index is 11.3. The van der Waals surface area contributed by atoms with Crippen molar-refractivity contribution in [3.63, 3.8) is 0 Å². The molecule has 5 nitrogen and oxygen atoms in total. The lowest BCUT2D eigenvalue weighted by atomic mass is 10.3. The third-order valence-corrected chi connectivity index (χ3v) is 2.49. The van der Waals surface area contributed by atoms with Gasteiger partial charge in [-0.25, -0.2) is 9.78 Å². The molecule has 2 aromatic rings. The van der Waals surface area contributed by atoms with Crippen molar-refractivity contribution in [1.29, 1.82) is 0 Å². The average Bonchev–Trinajstić information content (AvgIpc) is 2.38. The number of methoxy groups -OCH3 is 1. The number of halogens is 1. The molecule has 2 heterocycles. The summed E-state index contributed by atoms with van der Waals surface area (Å²) >= 11 is 3.29. The molecule has 6 heteroatoms. The van der Waals surface area contributed by atoms with Crippen molar-refractivity contribution in [3.8, 4) is 11.6 Å². The van der Waals surface area contributed by atoms with Crippen LogP contribution < -0.4 is 4.74 Å². The summed E-state index contributed by atoms with van der Waals surface area (Å²) < 4.78 is 10.9. The lowest BCUT2D eigenvalue weighted by molar-refractivity contribution is 0.0600. The molecular formula is C12H9BrN2O3. The van der Waals surface area contributed by atoms with Gasteiger partial charge in [0, 0.05) is 22.9 Å². The summed E-state index contributed by atoms with van der Waals surface area (Å²) in [6.07, 6.45) is 4.68. The van der Waals surface area contributed by atoms with E-state index in [-0.39, 0.29) is 0 Å². The molecule has 0 unspecified atom stereocenters. The Morgan fingerprint density at radius 2 is 2.17 bits per heavy atom. The van der Waals surface area contributed by atoms with Crippen LogP contribution in [0.5, 0.6) is 11.6 Å². The third-order valence-electron chi connectivity index (χ3n) is 2.06. The van der Waals surface area contributed by atoms with Gasteiger partial charge in [0.1, 0.15) is 5.75 Å². The van der Waals surface area contributed by atoms with Crippen molar-refractivity contribution in [3.05, 3.63) is 46.8 Å². The first-order valence-corrected chi connectivity index (χ1v) is 5.81. The normalized spacial score (nSPS) is 9.89. The number of hydrogen-bond donors (Lipinski definition) is 0. The zero-order valence-electron chi connectivity index (χ0n) is 9.46. The molecule has 0 aromatic carbocycles. The highest BCUT2D eigenvalue weighted by Gasteiger charge is 2.08. The molecule has 0 saturated carbocycles. The van der Waals surface area contributed by atoms with E-state index in [1.807, 2.05) is 0 Å². The van der Waals surface area contributed by atoms with Crippen molar-refractivity contribution in [2.24, 2.45) is 0 Å². The Morgan fingerprint density at radius 3 is 2.89 bits per heavy atom. The van der Waals surface area contributed by atoms with Gasteiger partial charge < -0.3 is 9.47 Å². The van der Waals surface area contributed by atoms with Crippen LogP contribution in [0.25, 0.3) is 0 Å². The lowest BCUT2D eigenvalue weighted by Crippen LogP contribution is -2.01. The number of carbonyl (C=O) groups is 1. The molecule has 0 aliphatic carbocycles. The highest BCUT2D eigenvalue weighted by molar-refractivity contribution is 9.10.